The maximum absolute atomic E-state index is 12.1. The van der Waals surface area contributed by atoms with Gasteiger partial charge in [0.15, 0.2) is 9.84 Å². The molecule has 0 aliphatic carbocycles. The number of rotatable bonds is 2. The van der Waals surface area contributed by atoms with E-state index >= 15 is 0 Å². The van der Waals surface area contributed by atoms with Crippen LogP contribution in [0.5, 0.6) is 0 Å². The maximum atomic E-state index is 12.1. The van der Waals surface area contributed by atoms with Gasteiger partial charge in [-0.3, -0.25) is 4.79 Å². The van der Waals surface area contributed by atoms with Crippen molar-refractivity contribution in [3.8, 4) is 0 Å². The highest BCUT2D eigenvalue weighted by atomic mass is 35.5. The van der Waals surface area contributed by atoms with Gasteiger partial charge in [-0.2, -0.15) is 0 Å². The Balaban J connectivity index is 2.03. The molecule has 2 aliphatic rings. The third-order valence-electron chi connectivity index (χ3n) is 3.42. The summed E-state index contributed by atoms with van der Waals surface area (Å²) in [4.78, 5) is 13.9. The zero-order valence-electron chi connectivity index (χ0n) is 9.06. The molecule has 16 heavy (non-hydrogen) atoms. The summed E-state index contributed by atoms with van der Waals surface area (Å²) in [6, 6.07) is 0.109. The van der Waals surface area contributed by atoms with E-state index in [0.717, 1.165) is 19.4 Å². The third-order valence-corrected chi connectivity index (χ3v) is 5.54. The second kappa shape index (κ2) is 4.53. The van der Waals surface area contributed by atoms with Crippen molar-refractivity contribution in [2.24, 2.45) is 5.92 Å². The maximum Gasteiger partial charge on any atom is 0.227 e. The number of hydrogen-bond donors (Lipinski definition) is 0. The molecule has 4 nitrogen and oxygen atoms in total. The molecule has 0 bridgehead atoms. The number of sulfone groups is 1. The predicted octanol–water partition coefficient (Wildman–Crippen LogP) is 0.651. The van der Waals surface area contributed by atoms with Crippen LogP contribution in [0.15, 0.2) is 0 Å². The van der Waals surface area contributed by atoms with Crippen molar-refractivity contribution in [3.63, 3.8) is 0 Å². The lowest BCUT2D eigenvalue weighted by Gasteiger charge is -2.25. The summed E-state index contributed by atoms with van der Waals surface area (Å²) < 4.78 is 22.6. The van der Waals surface area contributed by atoms with Crippen molar-refractivity contribution in [1.29, 1.82) is 0 Å². The first-order valence-electron chi connectivity index (χ1n) is 5.60. The number of carbonyl (C=O) groups is 1. The van der Waals surface area contributed by atoms with Crippen LogP contribution in [-0.4, -0.2) is 49.2 Å². The van der Waals surface area contributed by atoms with Gasteiger partial charge in [0.1, 0.15) is 0 Å². The summed E-state index contributed by atoms with van der Waals surface area (Å²) in [6.07, 6.45) is 2.39. The van der Waals surface area contributed by atoms with Crippen LogP contribution in [-0.2, 0) is 14.6 Å². The van der Waals surface area contributed by atoms with Crippen molar-refractivity contribution < 1.29 is 13.2 Å². The molecule has 92 valence electrons. The Morgan fingerprint density at radius 1 is 1.38 bits per heavy atom. The molecular weight excluding hydrogens is 250 g/mol. The van der Waals surface area contributed by atoms with Gasteiger partial charge in [-0.15, -0.1) is 11.6 Å². The lowest BCUT2D eigenvalue weighted by molar-refractivity contribution is -0.135. The smallest absolute Gasteiger partial charge is 0.227 e. The van der Waals surface area contributed by atoms with Gasteiger partial charge < -0.3 is 4.90 Å². The predicted molar refractivity (Wildman–Crippen MR) is 62.2 cm³/mol. The Morgan fingerprint density at radius 3 is 2.69 bits per heavy atom. The zero-order chi connectivity index (χ0) is 11.8. The first kappa shape index (κ1) is 12.2. The lowest BCUT2D eigenvalue weighted by atomic mass is 10.1. The fourth-order valence-electron chi connectivity index (χ4n) is 2.51. The second-order valence-electron chi connectivity index (χ2n) is 4.58. The van der Waals surface area contributed by atoms with E-state index in [1.54, 1.807) is 4.90 Å². The summed E-state index contributed by atoms with van der Waals surface area (Å²) in [5.74, 6) is 0.295. The quantitative estimate of drug-likeness (QED) is 0.689. The van der Waals surface area contributed by atoms with Crippen LogP contribution >= 0.6 is 11.6 Å². The van der Waals surface area contributed by atoms with Crippen molar-refractivity contribution in [2.45, 2.75) is 25.3 Å². The molecule has 2 atom stereocenters. The summed E-state index contributed by atoms with van der Waals surface area (Å²) in [5, 5.41) is 0. The average Bonchev–Trinajstić information content (AvgIpc) is 2.82. The molecule has 1 amide bonds. The summed E-state index contributed by atoms with van der Waals surface area (Å²) in [6.45, 7) is 0.729. The molecule has 0 aromatic heterocycles. The molecule has 0 saturated carbocycles. The number of alkyl halides is 1. The Hall–Kier alpha value is -0.290. The molecule has 2 fully saturated rings. The summed E-state index contributed by atoms with van der Waals surface area (Å²) >= 11 is 5.80. The van der Waals surface area contributed by atoms with Crippen molar-refractivity contribution >= 4 is 27.3 Å². The molecule has 2 rings (SSSR count). The van der Waals surface area contributed by atoms with Crippen LogP contribution in [0.25, 0.3) is 0 Å². The first-order chi connectivity index (χ1) is 7.53. The highest BCUT2D eigenvalue weighted by Crippen LogP contribution is 2.26. The molecular formula is C10H16ClNO3S. The van der Waals surface area contributed by atoms with Crippen LogP contribution in [0, 0.1) is 5.92 Å². The van der Waals surface area contributed by atoms with Gasteiger partial charge in [0.25, 0.3) is 0 Å². The number of likely N-dealkylation sites (tertiary alicyclic amines) is 1. The Kier molecular flexibility index (Phi) is 3.45. The number of nitrogens with zero attached hydrogens (tertiary/aromatic N) is 1. The van der Waals surface area contributed by atoms with Crippen LogP contribution < -0.4 is 0 Å². The zero-order valence-corrected chi connectivity index (χ0v) is 10.6. The van der Waals surface area contributed by atoms with E-state index in [9.17, 15) is 13.2 Å². The monoisotopic (exact) mass is 265 g/mol. The molecule has 6 heteroatoms. The van der Waals surface area contributed by atoms with Gasteiger partial charge in [-0.05, 0) is 19.3 Å². The Bertz CT molecular complexity index is 382. The van der Waals surface area contributed by atoms with Gasteiger partial charge in [-0.25, -0.2) is 8.42 Å². The Morgan fingerprint density at radius 2 is 2.12 bits per heavy atom. The number of halogens is 1. The lowest BCUT2D eigenvalue weighted by Crippen LogP contribution is -2.40. The summed E-state index contributed by atoms with van der Waals surface area (Å²) in [7, 11) is -2.97. The standard InChI is InChI=1S/C10H16ClNO3S/c11-6-9-2-1-4-12(9)10(13)8-3-5-16(14,15)7-8/h8-9H,1-7H2. The molecule has 0 N–H and O–H groups in total. The minimum atomic E-state index is -2.97. The van der Waals surface area contributed by atoms with E-state index < -0.39 is 9.84 Å². The van der Waals surface area contributed by atoms with E-state index in [0.29, 0.717) is 12.3 Å². The van der Waals surface area contributed by atoms with E-state index in [1.807, 2.05) is 0 Å². The van der Waals surface area contributed by atoms with Gasteiger partial charge in [0.2, 0.25) is 5.91 Å². The second-order valence-corrected chi connectivity index (χ2v) is 7.12. The van der Waals surface area contributed by atoms with Crippen molar-refractivity contribution in [1.82, 2.24) is 4.90 Å². The third kappa shape index (κ3) is 2.35. The fraction of sp³-hybridized carbons (Fsp3) is 0.900. The van der Waals surface area contributed by atoms with E-state index in [4.69, 9.17) is 11.6 Å². The molecule has 0 radical (unpaired) electrons. The SMILES string of the molecule is O=C(C1CCS(=O)(=O)C1)N1CCCC1CCl. The molecule has 0 spiro atoms. The van der Waals surface area contributed by atoms with Crippen LogP contribution in [0.2, 0.25) is 0 Å². The highest BCUT2D eigenvalue weighted by molar-refractivity contribution is 7.91. The largest absolute Gasteiger partial charge is 0.338 e. The van der Waals surface area contributed by atoms with E-state index in [2.05, 4.69) is 0 Å². The van der Waals surface area contributed by atoms with Crippen LogP contribution in [0.3, 0.4) is 0 Å². The molecule has 0 aromatic carbocycles. The molecule has 2 heterocycles. The summed E-state index contributed by atoms with van der Waals surface area (Å²) in [5.41, 5.74) is 0. The molecule has 0 aromatic rings. The van der Waals surface area contributed by atoms with E-state index in [1.165, 1.54) is 0 Å². The normalized spacial score (nSPS) is 33.2. The van der Waals surface area contributed by atoms with Crippen molar-refractivity contribution in [3.05, 3.63) is 0 Å². The van der Waals surface area contributed by atoms with E-state index in [-0.39, 0.29) is 29.4 Å². The fourth-order valence-corrected chi connectivity index (χ4v) is 4.56. The van der Waals surface area contributed by atoms with Crippen LogP contribution in [0.1, 0.15) is 19.3 Å². The molecule has 2 unspecified atom stereocenters. The number of carbonyl (C=O) groups excluding carboxylic acids is 1. The van der Waals surface area contributed by atoms with Crippen molar-refractivity contribution in [2.75, 3.05) is 23.9 Å². The highest BCUT2D eigenvalue weighted by Gasteiger charge is 2.38. The van der Waals surface area contributed by atoms with Gasteiger partial charge in [-0.1, -0.05) is 0 Å². The van der Waals surface area contributed by atoms with Crippen LogP contribution in [0.4, 0.5) is 0 Å². The molecule has 2 aliphatic heterocycles. The van der Waals surface area contributed by atoms with Gasteiger partial charge in [0.05, 0.1) is 17.4 Å². The Labute approximate surface area is 101 Å². The minimum Gasteiger partial charge on any atom is -0.338 e. The number of amides is 1. The van der Waals surface area contributed by atoms with Gasteiger partial charge in [0, 0.05) is 18.5 Å². The number of hydrogen-bond acceptors (Lipinski definition) is 3. The average molecular weight is 266 g/mol. The van der Waals surface area contributed by atoms with Gasteiger partial charge >= 0.3 is 0 Å². The first-order valence-corrected chi connectivity index (χ1v) is 7.96. The topological polar surface area (TPSA) is 54.5 Å². The molecule has 2 saturated heterocycles. The minimum absolute atomic E-state index is 0.00998.